The topological polar surface area (TPSA) is 58.4 Å². The van der Waals surface area contributed by atoms with Crippen molar-refractivity contribution in [2.45, 2.75) is 78.3 Å². The van der Waals surface area contributed by atoms with Gasteiger partial charge in [-0.05, 0) is 46.7 Å². The molecule has 0 aromatic carbocycles. The molecule has 5 nitrogen and oxygen atoms in total. The molecule has 0 aliphatic carbocycles. The average Bonchev–Trinajstić information content (AvgIpc) is 2.97. The third-order valence-corrected chi connectivity index (χ3v) is 5.19. The summed E-state index contributed by atoms with van der Waals surface area (Å²) < 4.78 is 5.15. The Morgan fingerprint density at radius 2 is 1.87 bits per heavy atom. The summed E-state index contributed by atoms with van der Waals surface area (Å²) in [5.74, 6) is 0.558. The summed E-state index contributed by atoms with van der Waals surface area (Å²) in [6, 6.07) is 1.72. The van der Waals surface area contributed by atoms with Crippen molar-refractivity contribution in [1.29, 1.82) is 0 Å². The van der Waals surface area contributed by atoms with Crippen LogP contribution in [0.1, 0.15) is 77.1 Å². The van der Waals surface area contributed by atoms with E-state index in [0.717, 1.165) is 38.0 Å². The standard InChI is InChI=1S/C18H33N3O2/c1-8-12-21(7)18(10-3,11-4)17(5,6)19-16(22)15-13-14(9-2)23-20-15/h13H,8-12H2,1-7H3,(H,19,22). The summed E-state index contributed by atoms with van der Waals surface area (Å²) in [6.45, 7) is 13.7. The first-order valence-electron chi connectivity index (χ1n) is 8.77. The highest BCUT2D eigenvalue weighted by atomic mass is 16.5. The summed E-state index contributed by atoms with van der Waals surface area (Å²) in [6.07, 6.45) is 3.75. The van der Waals surface area contributed by atoms with Crippen LogP contribution < -0.4 is 5.32 Å². The number of carbonyl (C=O) groups excluding carboxylic acids is 1. The van der Waals surface area contributed by atoms with Crippen molar-refractivity contribution in [3.8, 4) is 0 Å². The smallest absolute Gasteiger partial charge is 0.273 e. The molecule has 1 aromatic heterocycles. The third kappa shape index (κ3) is 3.94. The Balaban J connectivity index is 3.03. The molecule has 5 heteroatoms. The van der Waals surface area contributed by atoms with Gasteiger partial charge in [0.05, 0.1) is 5.54 Å². The third-order valence-electron chi connectivity index (χ3n) is 5.19. The van der Waals surface area contributed by atoms with E-state index in [4.69, 9.17) is 4.52 Å². The average molecular weight is 323 g/mol. The van der Waals surface area contributed by atoms with Crippen LogP contribution >= 0.6 is 0 Å². The first-order chi connectivity index (χ1) is 10.8. The molecule has 0 saturated heterocycles. The molecule has 0 radical (unpaired) electrons. The number of rotatable bonds is 9. The Kier molecular flexibility index (Phi) is 6.81. The highest BCUT2D eigenvalue weighted by molar-refractivity contribution is 5.92. The molecule has 0 aliphatic heterocycles. The normalized spacial score (nSPS) is 12.7. The minimum absolute atomic E-state index is 0.101. The lowest BCUT2D eigenvalue weighted by Gasteiger charge is -2.52. The fourth-order valence-electron chi connectivity index (χ4n) is 3.75. The Morgan fingerprint density at radius 1 is 1.26 bits per heavy atom. The van der Waals surface area contributed by atoms with E-state index in [2.05, 4.69) is 57.0 Å². The van der Waals surface area contributed by atoms with Crippen molar-refractivity contribution in [3.05, 3.63) is 17.5 Å². The molecule has 0 aliphatic rings. The number of hydrogen-bond acceptors (Lipinski definition) is 4. The molecule has 1 rings (SSSR count). The molecule has 1 amide bonds. The number of carbonyl (C=O) groups is 1. The molecule has 0 bridgehead atoms. The molecule has 0 spiro atoms. The van der Waals surface area contributed by atoms with Crippen LogP contribution in [0.25, 0.3) is 0 Å². The molecular formula is C18H33N3O2. The maximum Gasteiger partial charge on any atom is 0.273 e. The second-order valence-corrected chi connectivity index (χ2v) is 6.77. The first-order valence-corrected chi connectivity index (χ1v) is 8.77. The lowest BCUT2D eigenvalue weighted by molar-refractivity contribution is 0.0208. The van der Waals surface area contributed by atoms with Gasteiger partial charge in [0, 0.05) is 18.0 Å². The van der Waals surface area contributed by atoms with Gasteiger partial charge >= 0.3 is 0 Å². The zero-order valence-electron chi connectivity index (χ0n) is 15.8. The van der Waals surface area contributed by atoms with E-state index >= 15 is 0 Å². The molecule has 23 heavy (non-hydrogen) atoms. The molecule has 132 valence electrons. The second-order valence-electron chi connectivity index (χ2n) is 6.77. The van der Waals surface area contributed by atoms with Crippen molar-refractivity contribution < 1.29 is 9.32 Å². The number of aryl methyl sites for hydroxylation is 1. The Bertz CT molecular complexity index is 504. The van der Waals surface area contributed by atoms with Gasteiger partial charge in [-0.1, -0.05) is 32.9 Å². The van der Waals surface area contributed by atoms with Crippen molar-refractivity contribution in [1.82, 2.24) is 15.4 Å². The summed E-state index contributed by atoms with van der Waals surface area (Å²) >= 11 is 0. The first kappa shape index (κ1) is 19.7. The SMILES string of the molecule is CCCN(C)C(CC)(CC)C(C)(C)NC(=O)c1cc(CC)on1. The van der Waals surface area contributed by atoms with Crippen LogP contribution in [0.4, 0.5) is 0 Å². The fourth-order valence-corrected chi connectivity index (χ4v) is 3.75. The number of aromatic nitrogens is 1. The van der Waals surface area contributed by atoms with E-state index in [1.807, 2.05) is 6.92 Å². The van der Waals surface area contributed by atoms with Gasteiger partial charge < -0.3 is 9.84 Å². The molecule has 0 atom stereocenters. The van der Waals surface area contributed by atoms with Gasteiger partial charge in [-0.25, -0.2) is 0 Å². The van der Waals surface area contributed by atoms with Gasteiger partial charge in [-0.3, -0.25) is 9.69 Å². The minimum Gasteiger partial charge on any atom is -0.361 e. The van der Waals surface area contributed by atoms with Crippen LogP contribution in [0.5, 0.6) is 0 Å². The maximum atomic E-state index is 12.6. The van der Waals surface area contributed by atoms with Gasteiger partial charge in [0.15, 0.2) is 5.69 Å². The lowest BCUT2D eigenvalue weighted by atomic mass is 9.73. The highest BCUT2D eigenvalue weighted by Gasteiger charge is 2.46. The quantitative estimate of drug-likeness (QED) is 0.753. The van der Waals surface area contributed by atoms with Crippen LogP contribution in [-0.2, 0) is 6.42 Å². The minimum atomic E-state index is -0.386. The van der Waals surface area contributed by atoms with E-state index < -0.39 is 0 Å². The number of nitrogens with zero attached hydrogens (tertiary/aromatic N) is 2. The second kappa shape index (κ2) is 7.95. The molecular weight excluding hydrogens is 290 g/mol. The van der Waals surface area contributed by atoms with Crippen molar-refractivity contribution >= 4 is 5.91 Å². The summed E-state index contributed by atoms with van der Waals surface area (Å²) in [7, 11) is 2.15. The molecule has 0 fully saturated rings. The van der Waals surface area contributed by atoms with Crippen LogP contribution in [-0.4, -0.2) is 40.6 Å². The van der Waals surface area contributed by atoms with Crippen molar-refractivity contribution in [2.75, 3.05) is 13.6 Å². The van der Waals surface area contributed by atoms with E-state index in [1.165, 1.54) is 0 Å². The Morgan fingerprint density at radius 3 is 2.30 bits per heavy atom. The summed E-state index contributed by atoms with van der Waals surface area (Å²) in [4.78, 5) is 15.0. The van der Waals surface area contributed by atoms with E-state index in [0.29, 0.717) is 5.69 Å². The largest absolute Gasteiger partial charge is 0.361 e. The number of amides is 1. The number of hydrogen-bond donors (Lipinski definition) is 1. The number of likely N-dealkylation sites (N-methyl/N-ethyl adjacent to an activating group) is 1. The zero-order chi connectivity index (χ0) is 17.7. The van der Waals surface area contributed by atoms with Crippen LogP contribution in [0.3, 0.4) is 0 Å². The number of nitrogens with one attached hydrogen (secondary N) is 1. The predicted octanol–water partition coefficient (Wildman–Crippen LogP) is 3.65. The highest BCUT2D eigenvalue weighted by Crippen LogP contribution is 2.35. The van der Waals surface area contributed by atoms with E-state index in [-0.39, 0.29) is 17.0 Å². The fraction of sp³-hybridized carbons (Fsp3) is 0.778. The van der Waals surface area contributed by atoms with Gasteiger partial charge in [0.1, 0.15) is 5.76 Å². The van der Waals surface area contributed by atoms with Gasteiger partial charge in [-0.15, -0.1) is 0 Å². The monoisotopic (exact) mass is 323 g/mol. The van der Waals surface area contributed by atoms with Crippen LogP contribution in [0, 0.1) is 0 Å². The van der Waals surface area contributed by atoms with Gasteiger partial charge in [-0.2, -0.15) is 0 Å². The molecule has 1 heterocycles. The van der Waals surface area contributed by atoms with Crippen LogP contribution in [0.2, 0.25) is 0 Å². The lowest BCUT2D eigenvalue weighted by Crippen LogP contribution is -2.67. The van der Waals surface area contributed by atoms with Crippen molar-refractivity contribution in [2.24, 2.45) is 0 Å². The predicted molar refractivity (Wildman–Crippen MR) is 93.7 cm³/mol. The summed E-state index contributed by atoms with van der Waals surface area (Å²) in [5, 5.41) is 7.07. The molecule has 1 N–H and O–H groups in total. The molecule has 0 saturated carbocycles. The molecule has 0 unspecified atom stereocenters. The maximum absolute atomic E-state index is 12.6. The zero-order valence-corrected chi connectivity index (χ0v) is 15.8. The molecule has 1 aromatic rings. The van der Waals surface area contributed by atoms with Crippen LogP contribution in [0.15, 0.2) is 10.6 Å². The van der Waals surface area contributed by atoms with E-state index in [9.17, 15) is 4.79 Å². The Hall–Kier alpha value is -1.36. The summed E-state index contributed by atoms with van der Waals surface area (Å²) in [5.41, 5.74) is -0.132. The van der Waals surface area contributed by atoms with E-state index in [1.54, 1.807) is 6.07 Å². The van der Waals surface area contributed by atoms with Gasteiger partial charge in [0.25, 0.3) is 5.91 Å². The van der Waals surface area contributed by atoms with Crippen molar-refractivity contribution in [3.63, 3.8) is 0 Å². The Labute approximate surface area is 140 Å². The van der Waals surface area contributed by atoms with Gasteiger partial charge in [0.2, 0.25) is 0 Å².